The van der Waals surface area contributed by atoms with Crippen LogP contribution in [0.5, 0.6) is 11.5 Å². The number of amides is 1. The first kappa shape index (κ1) is 25.1. The average Bonchev–Trinajstić information content (AvgIpc) is 3.72. The fourth-order valence-corrected chi connectivity index (χ4v) is 5.73. The summed E-state index contributed by atoms with van der Waals surface area (Å²) in [6, 6.07) is 10.3. The van der Waals surface area contributed by atoms with Crippen molar-refractivity contribution in [3.63, 3.8) is 0 Å². The number of aromatic nitrogens is 1. The SMILES string of the molecule is CN1CN(CC2CC2)C(=O)c2c(O)c(=O)ccn21.COc1cc(F)c(F)c2c1Cc1ccccc1SC2. The summed E-state index contributed by atoms with van der Waals surface area (Å²) < 4.78 is 34.2. The topological polar surface area (TPSA) is 75.0 Å². The number of hydrogen-bond acceptors (Lipinski definition) is 6. The van der Waals surface area contributed by atoms with Crippen LogP contribution >= 0.6 is 11.8 Å². The molecule has 0 unspecified atom stereocenters. The van der Waals surface area contributed by atoms with Gasteiger partial charge in [0, 0.05) is 60.1 Å². The van der Waals surface area contributed by atoms with Crippen LogP contribution in [0.3, 0.4) is 0 Å². The molecule has 1 aliphatic carbocycles. The van der Waals surface area contributed by atoms with Gasteiger partial charge >= 0.3 is 0 Å². The zero-order valence-electron chi connectivity index (χ0n) is 20.5. The second-order valence-electron chi connectivity index (χ2n) is 9.40. The number of fused-ring (bicyclic) bond motifs is 3. The van der Waals surface area contributed by atoms with Crippen molar-refractivity contribution in [2.24, 2.45) is 5.92 Å². The summed E-state index contributed by atoms with van der Waals surface area (Å²) in [4.78, 5) is 26.5. The first-order valence-corrected chi connectivity index (χ1v) is 13.0. The number of benzene rings is 2. The highest BCUT2D eigenvalue weighted by Crippen LogP contribution is 2.39. The summed E-state index contributed by atoms with van der Waals surface area (Å²) in [6.45, 7) is 1.18. The Morgan fingerprint density at radius 3 is 2.62 bits per heavy atom. The van der Waals surface area contributed by atoms with E-state index >= 15 is 0 Å². The molecule has 3 aromatic rings. The standard InChI is InChI=1S/C15H12F2OS.C12H15N3O3/c1-18-13-7-12(16)15(17)11-8-19-14-5-3-2-4-9(14)6-10(11)13;1-13-7-14(6-8-2-3-8)12(18)10-11(17)9(16)4-5-15(10)13/h2-5,7H,6,8H2,1H3;4-5,8,17H,2-3,6-7H2,1H3. The quantitative estimate of drug-likeness (QED) is 0.553. The van der Waals surface area contributed by atoms with Gasteiger partial charge in [-0.15, -0.1) is 11.8 Å². The van der Waals surface area contributed by atoms with Crippen molar-refractivity contribution in [3.8, 4) is 11.5 Å². The smallest absolute Gasteiger partial charge is 0.277 e. The Bertz CT molecular complexity index is 1420. The van der Waals surface area contributed by atoms with Gasteiger partial charge in [0.15, 0.2) is 23.1 Å². The number of aromatic hydroxyl groups is 1. The number of halogens is 2. The molecule has 10 heteroatoms. The lowest BCUT2D eigenvalue weighted by molar-refractivity contribution is 0.0685. The number of hydrogen-bond donors (Lipinski definition) is 1. The molecule has 3 aliphatic rings. The molecule has 2 aromatic carbocycles. The highest BCUT2D eigenvalue weighted by Gasteiger charge is 2.34. The van der Waals surface area contributed by atoms with Crippen LogP contribution in [0.25, 0.3) is 0 Å². The van der Waals surface area contributed by atoms with Gasteiger partial charge in [0.25, 0.3) is 5.91 Å². The monoisotopic (exact) mass is 527 g/mol. The molecule has 6 rings (SSSR count). The Kier molecular flexibility index (Phi) is 6.85. The molecule has 3 heterocycles. The van der Waals surface area contributed by atoms with Crippen molar-refractivity contribution in [2.75, 3.05) is 32.4 Å². The van der Waals surface area contributed by atoms with Crippen molar-refractivity contribution in [1.29, 1.82) is 0 Å². The summed E-state index contributed by atoms with van der Waals surface area (Å²) in [5.74, 6) is -0.910. The number of thioether (sulfide) groups is 1. The fraction of sp³-hybridized carbons (Fsp3) is 0.333. The van der Waals surface area contributed by atoms with E-state index in [0.717, 1.165) is 34.9 Å². The fourth-order valence-electron chi connectivity index (χ4n) is 4.63. The molecule has 37 heavy (non-hydrogen) atoms. The summed E-state index contributed by atoms with van der Waals surface area (Å²) in [7, 11) is 3.30. The van der Waals surface area contributed by atoms with Crippen LogP contribution < -0.4 is 15.2 Å². The molecule has 1 aromatic heterocycles. The van der Waals surface area contributed by atoms with Crippen LogP contribution in [0.2, 0.25) is 0 Å². The van der Waals surface area contributed by atoms with Gasteiger partial charge in [0.1, 0.15) is 12.4 Å². The van der Waals surface area contributed by atoms with Crippen LogP contribution in [0.15, 0.2) is 52.3 Å². The summed E-state index contributed by atoms with van der Waals surface area (Å²) in [5.41, 5.74) is 1.83. The minimum atomic E-state index is -0.845. The molecular weight excluding hydrogens is 500 g/mol. The second-order valence-corrected chi connectivity index (χ2v) is 10.4. The maximum absolute atomic E-state index is 14.0. The number of carbonyl (C=O) groups excluding carboxylic acids is 1. The maximum atomic E-state index is 14.0. The molecule has 1 N–H and O–H groups in total. The minimum absolute atomic E-state index is 0.0666. The van der Waals surface area contributed by atoms with Gasteiger partial charge in [-0.2, -0.15) is 0 Å². The molecule has 7 nitrogen and oxygen atoms in total. The normalized spacial score (nSPS) is 16.2. The Morgan fingerprint density at radius 1 is 1.14 bits per heavy atom. The van der Waals surface area contributed by atoms with Crippen molar-refractivity contribution < 1.29 is 23.4 Å². The molecule has 0 atom stereocenters. The molecule has 0 radical (unpaired) electrons. The van der Waals surface area contributed by atoms with Gasteiger partial charge in [-0.1, -0.05) is 18.2 Å². The van der Waals surface area contributed by atoms with Gasteiger partial charge in [-0.05, 0) is 30.4 Å². The first-order valence-electron chi connectivity index (χ1n) is 12.0. The highest BCUT2D eigenvalue weighted by atomic mass is 32.2. The zero-order valence-corrected chi connectivity index (χ0v) is 21.4. The number of rotatable bonds is 3. The lowest BCUT2D eigenvalue weighted by atomic mass is 9.99. The van der Waals surface area contributed by atoms with Crippen molar-refractivity contribution in [1.82, 2.24) is 9.58 Å². The van der Waals surface area contributed by atoms with E-state index in [1.54, 1.807) is 9.91 Å². The van der Waals surface area contributed by atoms with Gasteiger partial charge in [0.2, 0.25) is 5.43 Å². The molecule has 1 amide bonds. The van der Waals surface area contributed by atoms with Crippen LogP contribution in [0.1, 0.15) is 40.0 Å². The Morgan fingerprint density at radius 2 is 1.89 bits per heavy atom. The minimum Gasteiger partial charge on any atom is -0.502 e. The Labute approximate surface area is 217 Å². The third-order valence-corrected chi connectivity index (χ3v) is 7.93. The van der Waals surface area contributed by atoms with Crippen molar-refractivity contribution in [3.05, 3.63) is 86.8 Å². The van der Waals surface area contributed by atoms with E-state index in [2.05, 4.69) is 0 Å². The summed E-state index contributed by atoms with van der Waals surface area (Å²) in [5, 5.41) is 11.6. The van der Waals surface area contributed by atoms with Gasteiger partial charge in [-0.3, -0.25) is 19.3 Å². The molecule has 0 saturated heterocycles. The molecule has 0 spiro atoms. The largest absolute Gasteiger partial charge is 0.502 e. The van der Waals surface area contributed by atoms with Crippen molar-refractivity contribution >= 4 is 17.7 Å². The van der Waals surface area contributed by atoms with Crippen LogP contribution in [0, 0.1) is 17.6 Å². The average molecular weight is 528 g/mol. The lowest BCUT2D eigenvalue weighted by Crippen LogP contribution is -2.52. The molecular formula is C27H27F2N3O4S. The predicted octanol–water partition coefficient (Wildman–Crippen LogP) is 4.11. The number of pyridine rings is 1. The van der Waals surface area contributed by atoms with E-state index in [1.165, 1.54) is 35.8 Å². The lowest BCUT2D eigenvalue weighted by Gasteiger charge is -2.37. The van der Waals surface area contributed by atoms with Crippen LogP contribution in [0.4, 0.5) is 8.78 Å². The Balaban J connectivity index is 0.000000152. The molecule has 1 fully saturated rings. The summed E-state index contributed by atoms with van der Waals surface area (Å²) in [6.07, 6.45) is 4.39. The molecule has 1 saturated carbocycles. The van der Waals surface area contributed by atoms with Crippen molar-refractivity contribution in [2.45, 2.75) is 29.9 Å². The zero-order chi connectivity index (χ0) is 26.3. The third kappa shape index (κ3) is 4.90. The second kappa shape index (κ2) is 10.1. The van der Waals surface area contributed by atoms with Crippen LogP contribution in [-0.4, -0.2) is 48.0 Å². The van der Waals surface area contributed by atoms with Gasteiger partial charge < -0.3 is 14.7 Å². The maximum Gasteiger partial charge on any atom is 0.277 e. The first-order chi connectivity index (χ1) is 17.8. The molecule has 194 valence electrons. The summed E-state index contributed by atoms with van der Waals surface area (Å²) >= 11 is 1.53. The van der Waals surface area contributed by atoms with Gasteiger partial charge in [-0.25, -0.2) is 8.78 Å². The van der Waals surface area contributed by atoms with Crippen LogP contribution in [-0.2, 0) is 12.2 Å². The molecule has 2 aliphatic heterocycles. The number of ether oxygens (including phenoxy) is 1. The third-order valence-electron chi connectivity index (χ3n) is 6.79. The predicted molar refractivity (Wildman–Crippen MR) is 137 cm³/mol. The number of methoxy groups -OCH3 is 1. The van der Waals surface area contributed by atoms with E-state index < -0.39 is 22.8 Å². The van der Waals surface area contributed by atoms with E-state index in [-0.39, 0.29) is 11.6 Å². The van der Waals surface area contributed by atoms with Gasteiger partial charge in [0.05, 0.1) is 7.11 Å². The number of carbonyl (C=O) groups is 1. The van der Waals surface area contributed by atoms with E-state index in [9.17, 15) is 23.5 Å². The van der Waals surface area contributed by atoms with E-state index in [0.29, 0.717) is 42.6 Å². The molecule has 0 bridgehead atoms. The van der Waals surface area contributed by atoms with E-state index in [4.69, 9.17) is 4.74 Å². The Hall–Kier alpha value is -3.53. The van der Waals surface area contributed by atoms with E-state index in [1.807, 2.05) is 31.3 Å². The highest BCUT2D eigenvalue weighted by molar-refractivity contribution is 7.98. The number of nitrogens with zero attached hydrogens (tertiary/aromatic N) is 3.